The zero-order valence-electron chi connectivity index (χ0n) is 22.5. The van der Waals surface area contributed by atoms with Crippen molar-refractivity contribution in [1.29, 1.82) is 0 Å². The van der Waals surface area contributed by atoms with Gasteiger partial charge in [-0.2, -0.15) is 9.97 Å². The minimum atomic E-state index is -0.710. The van der Waals surface area contributed by atoms with Gasteiger partial charge in [0.05, 0.1) is 29.0 Å². The summed E-state index contributed by atoms with van der Waals surface area (Å²) in [4.78, 5) is 37.4. The van der Waals surface area contributed by atoms with E-state index in [9.17, 15) is 4.79 Å². The number of hydrogen-bond donors (Lipinski definition) is 2. The molecule has 3 aromatic heterocycles. The number of rotatable bonds is 4. The summed E-state index contributed by atoms with van der Waals surface area (Å²) in [6, 6.07) is 2.98. The number of halogens is 1. The molecule has 204 valence electrons. The number of aryl methyl sites for hydroxylation is 1. The first kappa shape index (κ1) is 25.2. The Labute approximate surface area is 224 Å². The van der Waals surface area contributed by atoms with Crippen LogP contribution >= 0.6 is 0 Å². The maximum absolute atomic E-state index is 15.1. The molecule has 3 unspecified atom stereocenters. The highest BCUT2D eigenvalue weighted by Gasteiger charge is 2.46. The van der Waals surface area contributed by atoms with Crippen LogP contribution in [0, 0.1) is 24.6 Å². The van der Waals surface area contributed by atoms with E-state index in [0.717, 1.165) is 19.5 Å². The number of aromatic amines is 1. The van der Waals surface area contributed by atoms with Gasteiger partial charge in [0.15, 0.2) is 5.75 Å². The van der Waals surface area contributed by atoms with E-state index in [1.165, 1.54) is 17.0 Å². The number of fused-ring (bicyclic) bond motifs is 4. The van der Waals surface area contributed by atoms with Crippen LogP contribution in [0.3, 0.4) is 0 Å². The molecule has 2 aliphatic rings. The Kier molecular flexibility index (Phi) is 5.83. The number of ether oxygens (including phenoxy) is 2. The van der Waals surface area contributed by atoms with E-state index in [0.29, 0.717) is 56.9 Å². The van der Waals surface area contributed by atoms with Crippen LogP contribution in [0.4, 0.5) is 20.7 Å². The van der Waals surface area contributed by atoms with Gasteiger partial charge < -0.3 is 25.1 Å². The van der Waals surface area contributed by atoms with E-state index >= 15 is 4.39 Å². The van der Waals surface area contributed by atoms with E-state index in [1.807, 2.05) is 0 Å². The summed E-state index contributed by atoms with van der Waals surface area (Å²) in [5.74, 6) is 1.98. The minimum Gasteiger partial charge on any atom is -0.443 e. The predicted octanol–water partition coefficient (Wildman–Crippen LogP) is 4.30. The summed E-state index contributed by atoms with van der Waals surface area (Å²) in [5, 5.41) is 1.20. The van der Waals surface area contributed by atoms with E-state index in [4.69, 9.17) is 20.2 Å². The molecule has 6 rings (SSSR count). The molecule has 4 aromatic rings. The molecule has 1 saturated heterocycles. The number of carbonyl (C=O) groups is 1. The standard InChI is InChI=1S/C27H31FN8O3/c1-13-30-9-16(10-31-13)38-25-33-23-21(24(34-25)36-11-14-6-19(29)18(14)12-36)17-7-15(28)8-20(22(17)32-23)35(5)26(37)39-27(2,3)4/h7-10,14,18-19H,6,11-12,29H2,1-5H3,(H,32,33,34). The van der Waals surface area contributed by atoms with E-state index in [-0.39, 0.29) is 12.1 Å². The first-order chi connectivity index (χ1) is 18.5. The van der Waals surface area contributed by atoms with Crippen molar-refractivity contribution in [2.75, 3.05) is 29.9 Å². The van der Waals surface area contributed by atoms with Crippen molar-refractivity contribution in [3.8, 4) is 11.8 Å². The Morgan fingerprint density at radius 2 is 1.95 bits per heavy atom. The summed E-state index contributed by atoms with van der Waals surface area (Å²) in [7, 11) is 1.55. The number of benzene rings is 1. The third kappa shape index (κ3) is 4.58. The van der Waals surface area contributed by atoms with Gasteiger partial charge in [0.2, 0.25) is 0 Å². The molecular weight excluding hydrogens is 503 g/mol. The lowest BCUT2D eigenvalue weighted by Crippen LogP contribution is -2.46. The molecule has 1 amide bonds. The lowest BCUT2D eigenvalue weighted by Gasteiger charge is -2.36. The van der Waals surface area contributed by atoms with Crippen LogP contribution < -0.4 is 20.3 Å². The quantitative estimate of drug-likeness (QED) is 0.393. The zero-order chi connectivity index (χ0) is 27.6. The fraction of sp³-hybridized carbons (Fsp3) is 0.444. The number of nitrogens with one attached hydrogen (secondary N) is 1. The summed E-state index contributed by atoms with van der Waals surface area (Å²) >= 11 is 0. The molecular formula is C27H31FN8O3. The van der Waals surface area contributed by atoms with Gasteiger partial charge in [-0.3, -0.25) is 4.90 Å². The number of nitrogens with two attached hydrogens (primary N) is 1. The summed E-state index contributed by atoms with van der Waals surface area (Å²) in [6.45, 7) is 8.63. The molecule has 1 saturated carbocycles. The van der Waals surface area contributed by atoms with Crippen molar-refractivity contribution in [1.82, 2.24) is 24.9 Å². The SMILES string of the molecule is Cc1ncc(Oc2nc(N3CC4CC(N)C4C3)c3c(n2)[nH]c2c(N(C)C(=O)OC(C)(C)C)cc(F)cc23)cn1. The van der Waals surface area contributed by atoms with Gasteiger partial charge in [-0.1, -0.05) is 0 Å². The predicted molar refractivity (Wildman–Crippen MR) is 145 cm³/mol. The minimum absolute atomic E-state index is 0.0996. The van der Waals surface area contributed by atoms with Gasteiger partial charge in [-0.25, -0.2) is 19.2 Å². The van der Waals surface area contributed by atoms with Gasteiger partial charge in [-0.05, 0) is 58.1 Å². The van der Waals surface area contributed by atoms with Crippen LogP contribution in [-0.2, 0) is 4.74 Å². The van der Waals surface area contributed by atoms with Gasteiger partial charge in [-0.15, -0.1) is 0 Å². The number of carbonyl (C=O) groups excluding carboxylic acids is 1. The zero-order valence-corrected chi connectivity index (χ0v) is 22.5. The molecule has 1 aliphatic heterocycles. The first-order valence-electron chi connectivity index (χ1n) is 12.9. The van der Waals surface area contributed by atoms with Crippen LogP contribution in [0.1, 0.15) is 33.0 Å². The molecule has 0 spiro atoms. The maximum atomic E-state index is 15.1. The van der Waals surface area contributed by atoms with Crippen molar-refractivity contribution < 1.29 is 18.7 Å². The van der Waals surface area contributed by atoms with E-state index < -0.39 is 17.5 Å². The fourth-order valence-corrected chi connectivity index (χ4v) is 5.45. The molecule has 39 heavy (non-hydrogen) atoms. The second-order valence-electron chi connectivity index (χ2n) is 11.4. The molecule has 1 aromatic carbocycles. The van der Waals surface area contributed by atoms with Gasteiger partial charge in [0.1, 0.15) is 28.7 Å². The number of H-pyrrole nitrogens is 1. The fourth-order valence-electron chi connectivity index (χ4n) is 5.45. The Morgan fingerprint density at radius 1 is 1.21 bits per heavy atom. The Balaban J connectivity index is 1.50. The van der Waals surface area contributed by atoms with Crippen LogP contribution in [0.15, 0.2) is 24.5 Å². The lowest BCUT2D eigenvalue weighted by atomic mass is 9.72. The maximum Gasteiger partial charge on any atom is 0.414 e. The van der Waals surface area contributed by atoms with Crippen LogP contribution in [0.2, 0.25) is 0 Å². The van der Waals surface area contributed by atoms with E-state index in [1.54, 1.807) is 47.1 Å². The number of anilines is 2. The average Bonchev–Trinajstić information content (AvgIpc) is 3.40. The van der Waals surface area contributed by atoms with Gasteiger partial charge >= 0.3 is 12.1 Å². The molecule has 11 nitrogen and oxygen atoms in total. The highest BCUT2D eigenvalue weighted by Crippen LogP contribution is 2.44. The number of aromatic nitrogens is 5. The van der Waals surface area contributed by atoms with Gasteiger partial charge in [0, 0.05) is 31.6 Å². The van der Waals surface area contributed by atoms with Gasteiger partial charge in [0.25, 0.3) is 0 Å². The second kappa shape index (κ2) is 9.01. The molecule has 1 aliphatic carbocycles. The van der Waals surface area contributed by atoms with Crippen molar-refractivity contribution >= 4 is 39.5 Å². The highest BCUT2D eigenvalue weighted by molar-refractivity contribution is 6.16. The van der Waals surface area contributed by atoms with Crippen molar-refractivity contribution in [3.05, 3.63) is 36.2 Å². The highest BCUT2D eigenvalue weighted by atomic mass is 19.1. The van der Waals surface area contributed by atoms with E-state index in [2.05, 4.69) is 24.8 Å². The third-order valence-electron chi connectivity index (χ3n) is 7.38. The topological polar surface area (TPSA) is 135 Å². The Hall–Kier alpha value is -4.06. The lowest BCUT2D eigenvalue weighted by molar-refractivity contribution is 0.0589. The molecule has 3 atom stereocenters. The monoisotopic (exact) mass is 534 g/mol. The molecule has 12 heteroatoms. The summed E-state index contributed by atoms with van der Waals surface area (Å²) in [5.41, 5.74) is 6.87. The molecule has 2 fully saturated rings. The Morgan fingerprint density at radius 3 is 2.62 bits per heavy atom. The molecule has 0 radical (unpaired) electrons. The first-order valence-corrected chi connectivity index (χ1v) is 12.9. The third-order valence-corrected chi connectivity index (χ3v) is 7.38. The van der Waals surface area contributed by atoms with Crippen molar-refractivity contribution in [2.45, 2.75) is 45.8 Å². The largest absolute Gasteiger partial charge is 0.443 e. The number of hydrogen-bond acceptors (Lipinski definition) is 9. The summed E-state index contributed by atoms with van der Waals surface area (Å²) in [6.07, 6.45) is 3.47. The Bertz CT molecular complexity index is 1580. The van der Waals surface area contributed by atoms with Crippen LogP contribution in [0.5, 0.6) is 11.8 Å². The smallest absolute Gasteiger partial charge is 0.414 e. The van der Waals surface area contributed by atoms with Crippen LogP contribution in [-0.4, -0.2) is 62.8 Å². The number of amides is 1. The van der Waals surface area contributed by atoms with Crippen molar-refractivity contribution in [3.63, 3.8) is 0 Å². The average molecular weight is 535 g/mol. The molecule has 0 bridgehead atoms. The number of nitrogens with zero attached hydrogens (tertiary/aromatic N) is 6. The second-order valence-corrected chi connectivity index (χ2v) is 11.4. The molecule has 3 N–H and O–H groups in total. The molecule has 4 heterocycles. The summed E-state index contributed by atoms with van der Waals surface area (Å²) < 4.78 is 26.5. The normalized spacial score (nSPS) is 20.7. The van der Waals surface area contributed by atoms with Crippen molar-refractivity contribution in [2.24, 2.45) is 17.6 Å². The van der Waals surface area contributed by atoms with Crippen LogP contribution in [0.25, 0.3) is 21.9 Å².